The van der Waals surface area contributed by atoms with Crippen molar-refractivity contribution in [1.29, 1.82) is 0 Å². The molecular weight excluding hydrogens is 711 g/mol. The molecule has 0 aliphatic heterocycles. The van der Waals surface area contributed by atoms with Crippen molar-refractivity contribution in [3.63, 3.8) is 0 Å². The maximum atomic E-state index is 2.40. The summed E-state index contributed by atoms with van der Waals surface area (Å²) in [5.74, 6) is 0. The summed E-state index contributed by atoms with van der Waals surface area (Å²) in [6, 6.07) is 89.8. The second-order valence-electron chi connectivity index (χ2n) is 14.9. The summed E-state index contributed by atoms with van der Waals surface area (Å²) in [7, 11) is 0. The zero-order chi connectivity index (χ0) is 39.4. The van der Waals surface area contributed by atoms with Gasteiger partial charge in [-0.15, -0.1) is 0 Å². The van der Waals surface area contributed by atoms with Crippen molar-refractivity contribution in [2.75, 3.05) is 4.90 Å². The lowest BCUT2D eigenvalue weighted by atomic mass is 9.93. The third-order valence-electron chi connectivity index (χ3n) is 11.3. The Labute approximate surface area is 346 Å². The molecule has 10 aromatic rings. The van der Waals surface area contributed by atoms with Crippen LogP contribution in [0.3, 0.4) is 0 Å². The van der Waals surface area contributed by atoms with Crippen LogP contribution >= 0.6 is 0 Å². The van der Waals surface area contributed by atoms with Crippen molar-refractivity contribution in [1.82, 2.24) is 0 Å². The summed E-state index contributed by atoms with van der Waals surface area (Å²) in [4.78, 5) is 2.40. The van der Waals surface area contributed by atoms with E-state index < -0.39 is 0 Å². The Bertz CT molecular complexity index is 3020. The molecule has 1 nitrogen and oxygen atoms in total. The second-order valence-corrected chi connectivity index (χ2v) is 14.9. The molecule has 0 saturated heterocycles. The van der Waals surface area contributed by atoms with Gasteiger partial charge in [0.15, 0.2) is 0 Å². The van der Waals surface area contributed by atoms with Gasteiger partial charge in [-0.05, 0) is 114 Å². The predicted octanol–water partition coefficient (Wildman–Crippen LogP) is 16.3. The molecule has 0 atom stereocenters. The van der Waals surface area contributed by atoms with Crippen LogP contribution in [0.5, 0.6) is 0 Å². The van der Waals surface area contributed by atoms with Gasteiger partial charge in [0.1, 0.15) is 0 Å². The summed E-state index contributed by atoms with van der Waals surface area (Å²) in [6.45, 7) is 0. The molecule has 0 bridgehead atoms. The average Bonchev–Trinajstić information content (AvgIpc) is 3.33. The number of anilines is 3. The maximum absolute atomic E-state index is 2.40. The molecule has 10 aromatic carbocycles. The molecule has 0 unspecified atom stereocenters. The Morgan fingerprint density at radius 3 is 1.36 bits per heavy atom. The summed E-state index contributed by atoms with van der Waals surface area (Å²) >= 11 is 0. The van der Waals surface area contributed by atoms with Crippen LogP contribution in [0.15, 0.2) is 249 Å². The van der Waals surface area contributed by atoms with Crippen molar-refractivity contribution in [3.05, 3.63) is 249 Å². The first kappa shape index (κ1) is 35.7. The number of rotatable bonds is 9. The van der Waals surface area contributed by atoms with E-state index in [2.05, 4.69) is 254 Å². The molecule has 0 amide bonds. The zero-order valence-electron chi connectivity index (χ0n) is 32.6. The Balaban J connectivity index is 1.01. The largest absolute Gasteiger partial charge is 0.310 e. The first-order valence-electron chi connectivity index (χ1n) is 20.2. The first-order valence-corrected chi connectivity index (χ1v) is 20.2. The number of benzene rings is 10. The summed E-state index contributed by atoms with van der Waals surface area (Å²) in [5.41, 5.74) is 17.6. The highest BCUT2D eigenvalue weighted by Gasteiger charge is 2.20. The summed E-state index contributed by atoms with van der Waals surface area (Å²) in [5, 5.41) is 2.52. The van der Waals surface area contributed by atoms with E-state index in [1.54, 1.807) is 0 Å². The fraction of sp³-hybridized carbons (Fsp3) is 0. The smallest absolute Gasteiger partial charge is 0.0540 e. The van der Waals surface area contributed by atoms with E-state index in [-0.39, 0.29) is 0 Å². The standard InChI is InChI=1S/C58H41N/c1-3-15-42(16-4-1)51-23-14-24-54(41-51)59(58-28-12-11-27-57(58)56-26-10-9-25-55(56)47-18-5-2-6-19-47)53-37-35-45(36-38-53)44-29-31-46(32-30-44)49-21-13-22-50(39-49)52-34-33-43-17-7-8-20-48(43)40-52/h1-41H. The molecule has 0 fully saturated rings. The van der Waals surface area contributed by atoms with Crippen LogP contribution in [-0.2, 0) is 0 Å². The molecule has 0 saturated carbocycles. The highest BCUT2D eigenvalue weighted by molar-refractivity contribution is 5.95. The van der Waals surface area contributed by atoms with Crippen LogP contribution in [-0.4, -0.2) is 0 Å². The topological polar surface area (TPSA) is 3.24 Å². The zero-order valence-corrected chi connectivity index (χ0v) is 32.6. The molecule has 0 radical (unpaired) electrons. The Hall–Kier alpha value is -7.74. The molecule has 278 valence electrons. The minimum absolute atomic E-state index is 1.09. The van der Waals surface area contributed by atoms with Crippen molar-refractivity contribution in [3.8, 4) is 66.8 Å². The van der Waals surface area contributed by atoms with Crippen LogP contribution in [0.25, 0.3) is 77.5 Å². The quantitative estimate of drug-likeness (QED) is 0.142. The van der Waals surface area contributed by atoms with Gasteiger partial charge in [0.2, 0.25) is 0 Å². The van der Waals surface area contributed by atoms with Gasteiger partial charge in [-0.1, -0.05) is 206 Å². The molecule has 0 N–H and O–H groups in total. The highest BCUT2D eigenvalue weighted by Crippen LogP contribution is 2.44. The Kier molecular flexibility index (Phi) is 9.68. The van der Waals surface area contributed by atoms with Gasteiger partial charge >= 0.3 is 0 Å². The number of para-hydroxylation sites is 1. The maximum Gasteiger partial charge on any atom is 0.0540 e. The minimum atomic E-state index is 1.09. The number of fused-ring (bicyclic) bond motifs is 1. The SMILES string of the molecule is c1ccc(-c2cccc(N(c3ccc(-c4ccc(-c5cccc(-c6ccc7ccccc7c6)c5)cc4)cc3)c3ccccc3-c3ccccc3-c3ccccc3)c2)cc1. The van der Waals surface area contributed by atoms with Crippen molar-refractivity contribution >= 4 is 27.8 Å². The minimum Gasteiger partial charge on any atom is -0.310 e. The van der Waals surface area contributed by atoms with Gasteiger partial charge in [-0.25, -0.2) is 0 Å². The second kappa shape index (κ2) is 16.0. The normalized spacial score (nSPS) is 11.1. The predicted molar refractivity (Wildman–Crippen MR) is 251 cm³/mol. The van der Waals surface area contributed by atoms with Crippen LogP contribution < -0.4 is 4.90 Å². The molecule has 0 heterocycles. The molecule has 1 heteroatoms. The van der Waals surface area contributed by atoms with Gasteiger partial charge in [-0.2, -0.15) is 0 Å². The highest BCUT2D eigenvalue weighted by atomic mass is 15.1. The van der Waals surface area contributed by atoms with E-state index in [1.807, 2.05) is 0 Å². The van der Waals surface area contributed by atoms with Crippen LogP contribution in [0, 0.1) is 0 Å². The van der Waals surface area contributed by atoms with E-state index in [4.69, 9.17) is 0 Å². The van der Waals surface area contributed by atoms with E-state index in [1.165, 1.54) is 77.5 Å². The molecule has 0 aliphatic rings. The van der Waals surface area contributed by atoms with E-state index >= 15 is 0 Å². The molecule has 0 aromatic heterocycles. The van der Waals surface area contributed by atoms with Gasteiger partial charge in [0.25, 0.3) is 0 Å². The summed E-state index contributed by atoms with van der Waals surface area (Å²) < 4.78 is 0. The summed E-state index contributed by atoms with van der Waals surface area (Å²) in [6.07, 6.45) is 0. The molecule has 0 aliphatic carbocycles. The monoisotopic (exact) mass is 751 g/mol. The molecule has 59 heavy (non-hydrogen) atoms. The van der Waals surface area contributed by atoms with Gasteiger partial charge in [0.05, 0.1) is 5.69 Å². The molecular formula is C58H41N. The van der Waals surface area contributed by atoms with Crippen LogP contribution in [0.1, 0.15) is 0 Å². The number of hydrogen-bond donors (Lipinski definition) is 0. The first-order chi connectivity index (χ1) is 29.2. The number of nitrogens with zero attached hydrogens (tertiary/aromatic N) is 1. The van der Waals surface area contributed by atoms with E-state index in [0.29, 0.717) is 0 Å². The fourth-order valence-corrected chi connectivity index (χ4v) is 8.27. The third-order valence-corrected chi connectivity index (χ3v) is 11.3. The third kappa shape index (κ3) is 7.34. The Morgan fingerprint density at radius 1 is 0.203 bits per heavy atom. The van der Waals surface area contributed by atoms with E-state index in [0.717, 1.165) is 17.1 Å². The lowest BCUT2D eigenvalue weighted by Gasteiger charge is -2.29. The van der Waals surface area contributed by atoms with Crippen LogP contribution in [0.2, 0.25) is 0 Å². The van der Waals surface area contributed by atoms with Crippen molar-refractivity contribution < 1.29 is 0 Å². The fourth-order valence-electron chi connectivity index (χ4n) is 8.27. The number of hydrogen-bond acceptors (Lipinski definition) is 1. The lowest BCUT2D eigenvalue weighted by molar-refractivity contribution is 1.28. The van der Waals surface area contributed by atoms with Gasteiger partial charge < -0.3 is 4.90 Å². The molecule has 0 spiro atoms. The Morgan fingerprint density at radius 2 is 0.644 bits per heavy atom. The average molecular weight is 752 g/mol. The van der Waals surface area contributed by atoms with Gasteiger partial charge in [0, 0.05) is 16.9 Å². The van der Waals surface area contributed by atoms with Gasteiger partial charge in [-0.3, -0.25) is 0 Å². The van der Waals surface area contributed by atoms with E-state index in [9.17, 15) is 0 Å². The molecule has 10 rings (SSSR count). The van der Waals surface area contributed by atoms with Crippen molar-refractivity contribution in [2.45, 2.75) is 0 Å². The van der Waals surface area contributed by atoms with Crippen LogP contribution in [0.4, 0.5) is 17.1 Å². The van der Waals surface area contributed by atoms with Crippen molar-refractivity contribution in [2.24, 2.45) is 0 Å². The lowest BCUT2D eigenvalue weighted by Crippen LogP contribution is -2.11.